The van der Waals surface area contributed by atoms with Gasteiger partial charge >= 0.3 is 5.97 Å². The first-order valence-electron chi connectivity index (χ1n) is 11.5. The summed E-state index contributed by atoms with van der Waals surface area (Å²) in [6.07, 6.45) is 18.3. The molecule has 1 aliphatic heterocycles. The molecule has 3 N–H and O–H groups in total. The van der Waals surface area contributed by atoms with Gasteiger partial charge in [0, 0.05) is 0 Å². The lowest BCUT2D eigenvalue weighted by Gasteiger charge is -2.08. The molecular formula is C24H42N2O2. The van der Waals surface area contributed by atoms with Crippen LogP contribution in [0.15, 0.2) is 24.3 Å². The molecule has 1 aromatic rings. The maximum absolute atomic E-state index is 11.6. The Balaban J connectivity index is 0.000000552. The molecule has 1 fully saturated rings. The zero-order chi connectivity index (χ0) is 20.3. The lowest BCUT2D eigenvalue weighted by atomic mass is 10.00. The van der Waals surface area contributed by atoms with Crippen molar-refractivity contribution in [1.82, 2.24) is 5.32 Å². The van der Waals surface area contributed by atoms with Crippen LogP contribution >= 0.6 is 0 Å². The van der Waals surface area contributed by atoms with Gasteiger partial charge in [-0.05, 0) is 50.4 Å². The number of carbonyl (C=O) groups excluding carboxylic acids is 1. The highest BCUT2D eigenvalue weighted by Gasteiger charge is 2.10. The smallest absolute Gasteiger partial charge is 0.356 e. The average Bonchev–Trinajstić information content (AvgIpc) is 2.76. The summed E-state index contributed by atoms with van der Waals surface area (Å²) < 4.78 is 0. The van der Waals surface area contributed by atoms with Crippen LogP contribution in [0.25, 0.3) is 0 Å². The van der Waals surface area contributed by atoms with Gasteiger partial charge in [-0.1, -0.05) is 89.3 Å². The van der Waals surface area contributed by atoms with Crippen LogP contribution in [-0.2, 0) is 11.3 Å². The Bertz CT molecular complexity index is 490. The number of unbranched alkanes of at least 4 members (excludes halogenated alkanes) is 9. The van der Waals surface area contributed by atoms with Gasteiger partial charge in [-0.25, -0.2) is 4.79 Å². The zero-order valence-electron chi connectivity index (χ0n) is 18.0. The first-order valence-corrected chi connectivity index (χ1v) is 11.5. The predicted octanol–water partition coefficient (Wildman–Crippen LogP) is 5.94. The number of benzene rings is 1. The molecular weight excluding hydrogens is 348 g/mol. The fourth-order valence-electron chi connectivity index (χ4n) is 3.61. The molecule has 0 atom stereocenters. The number of hydrogen-bond donors (Lipinski definition) is 2. The van der Waals surface area contributed by atoms with Crippen molar-refractivity contribution in [2.24, 2.45) is 5.90 Å². The van der Waals surface area contributed by atoms with Crippen molar-refractivity contribution in [3.63, 3.8) is 0 Å². The molecule has 1 heterocycles. The third-order valence-corrected chi connectivity index (χ3v) is 5.35. The zero-order valence-corrected chi connectivity index (χ0v) is 18.0. The van der Waals surface area contributed by atoms with E-state index in [-0.39, 0.29) is 0 Å². The SMILES string of the molecule is C1CCNCC1.CCCCCCCCCCCCc1ccccc1C(=O)ON. The molecule has 0 spiro atoms. The second-order valence-electron chi connectivity index (χ2n) is 7.81. The molecule has 0 aromatic heterocycles. The predicted molar refractivity (Wildman–Crippen MR) is 118 cm³/mol. The van der Waals surface area contributed by atoms with Crippen LogP contribution in [0, 0.1) is 0 Å². The first kappa shape index (κ1) is 24.6. The number of nitrogens with one attached hydrogen (secondary N) is 1. The van der Waals surface area contributed by atoms with Gasteiger partial charge in [0.15, 0.2) is 0 Å². The molecule has 28 heavy (non-hydrogen) atoms. The number of piperidine rings is 1. The summed E-state index contributed by atoms with van der Waals surface area (Å²) in [5, 5.41) is 3.28. The van der Waals surface area contributed by atoms with Gasteiger partial charge in [-0.15, -0.1) is 0 Å². The van der Waals surface area contributed by atoms with Crippen molar-refractivity contribution in [3.05, 3.63) is 35.4 Å². The van der Waals surface area contributed by atoms with E-state index in [9.17, 15) is 4.79 Å². The summed E-state index contributed by atoms with van der Waals surface area (Å²) >= 11 is 0. The van der Waals surface area contributed by atoms with E-state index in [0.29, 0.717) is 5.56 Å². The van der Waals surface area contributed by atoms with Gasteiger partial charge < -0.3 is 10.2 Å². The van der Waals surface area contributed by atoms with Crippen LogP contribution < -0.4 is 11.2 Å². The Hall–Kier alpha value is -1.39. The molecule has 0 amide bonds. The molecule has 4 heteroatoms. The molecule has 160 valence electrons. The third-order valence-electron chi connectivity index (χ3n) is 5.35. The summed E-state index contributed by atoms with van der Waals surface area (Å²) in [5.74, 6) is 4.53. The van der Waals surface area contributed by atoms with Gasteiger partial charge in [0.05, 0.1) is 5.56 Å². The van der Waals surface area contributed by atoms with E-state index in [2.05, 4.69) is 17.1 Å². The van der Waals surface area contributed by atoms with Crippen LogP contribution in [0.2, 0.25) is 0 Å². The Morgan fingerprint density at radius 3 is 1.96 bits per heavy atom. The molecule has 0 radical (unpaired) electrons. The molecule has 1 aliphatic rings. The van der Waals surface area contributed by atoms with Crippen LogP contribution in [0.5, 0.6) is 0 Å². The fraction of sp³-hybridized carbons (Fsp3) is 0.708. The highest BCUT2D eigenvalue weighted by molar-refractivity contribution is 5.90. The Morgan fingerprint density at radius 1 is 0.893 bits per heavy atom. The number of hydrogen-bond acceptors (Lipinski definition) is 4. The normalized spacial score (nSPS) is 13.5. The highest BCUT2D eigenvalue weighted by atomic mass is 16.7. The fourth-order valence-corrected chi connectivity index (χ4v) is 3.61. The van der Waals surface area contributed by atoms with Crippen LogP contribution in [-0.4, -0.2) is 19.1 Å². The maximum atomic E-state index is 11.6. The number of rotatable bonds is 12. The van der Waals surface area contributed by atoms with Gasteiger partial charge in [0.1, 0.15) is 0 Å². The number of carbonyl (C=O) groups is 1. The average molecular weight is 391 g/mol. The van der Waals surface area contributed by atoms with E-state index in [4.69, 9.17) is 5.90 Å². The van der Waals surface area contributed by atoms with Gasteiger partial charge in [-0.3, -0.25) is 0 Å². The van der Waals surface area contributed by atoms with Crippen molar-refractivity contribution in [3.8, 4) is 0 Å². The topological polar surface area (TPSA) is 64.3 Å². The maximum Gasteiger partial charge on any atom is 0.356 e. The van der Waals surface area contributed by atoms with E-state index in [1.807, 2.05) is 18.2 Å². The summed E-state index contributed by atoms with van der Waals surface area (Å²) in [6.45, 7) is 4.76. The molecule has 0 aliphatic carbocycles. The minimum Gasteiger partial charge on any atom is -0.370 e. The van der Waals surface area contributed by atoms with Crippen molar-refractivity contribution in [2.75, 3.05) is 13.1 Å². The lowest BCUT2D eigenvalue weighted by molar-refractivity contribution is 0.0502. The van der Waals surface area contributed by atoms with Crippen molar-refractivity contribution >= 4 is 5.97 Å². The van der Waals surface area contributed by atoms with E-state index >= 15 is 0 Å². The molecule has 0 unspecified atom stereocenters. The lowest BCUT2D eigenvalue weighted by Crippen LogP contribution is -2.21. The summed E-state index contributed by atoms with van der Waals surface area (Å²) in [4.78, 5) is 15.9. The minimum atomic E-state index is -0.442. The number of aryl methyl sites for hydroxylation is 1. The van der Waals surface area contributed by atoms with Gasteiger partial charge in [-0.2, -0.15) is 5.90 Å². The molecule has 1 aromatic carbocycles. The number of nitrogens with two attached hydrogens (primary N) is 1. The summed E-state index contributed by atoms with van der Waals surface area (Å²) in [6, 6.07) is 7.56. The third kappa shape index (κ3) is 12.1. The molecule has 4 nitrogen and oxygen atoms in total. The van der Waals surface area contributed by atoms with E-state index in [0.717, 1.165) is 18.4 Å². The van der Waals surface area contributed by atoms with Gasteiger partial charge in [0.25, 0.3) is 0 Å². The molecule has 2 rings (SSSR count). The van der Waals surface area contributed by atoms with Crippen LogP contribution in [0.3, 0.4) is 0 Å². The van der Waals surface area contributed by atoms with Gasteiger partial charge in [0.2, 0.25) is 0 Å². The van der Waals surface area contributed by atoms with Crippen LogP contribution in [0.1, 0.15) is 106 Å². The standard InChI is InChI=1S/C19H31NO2.C5H11N/c1-2-3-4-5-6-7-8-9-10-11-14-17-15-12-13-16-18(17)19(21)22-20;1-2-4-6-5-3-1/h12-13,15-16H,2-11,14,20H2,1H3;6H,1-5H2. The quantitative estimate of drug-likeness (QED) is 0.342. The Morgan fingerprint density at radius 2 is 1.46 bits per heavy atom. The second kappa shape index (κ2) is 17.7. The van der Waals surface area contributed by atoms with E-state index in [1.54, 1.807) is 6.07 Å². The Labute approximate surface area is 172 Å². The molecule has 0 saturated carbocycles. The monoisotopic (exact) mass is 390 g/mol. The van der Waals surface area contributed by atoms with E-state index in [1.165, 1.54) is 90.1 Å². The Kier molecular flexibility index (Phi) is 15.6. The van der Waals surface area contributed by atoms with Crippen molar-refractivity contribution in [2.45, 2.75) is 96.8 Å². The first-order chi connectivity index (χ1) is 13.8. The molecule has 1 saturated heterocycles. The second-order valence-corrected chi connectivity index (χ2v) is 7.81. The van der Waals surface area contributed by atoms with Crippen molar-refractivity contribution in [1.29, 1.82) is 0 Å². The summed E-state index contributed by atoms with van der Waals surface area (Å²) in [7, 11) is 0. The van der Waals surface area contributed by atoms with Crippen LogP contribution in [0.4, 0.5) is 0 Å². The van der Waals surface area contributed by atoms with Crippen molar-refractivity contribution < 1.29 is 9.63 Å². The minimum absolute atomic E-state index is 0.442. The summed E-state index contributed by atoms with van der Waals surface area (Å²) in [5.41, 5.74) is 1.64. The van der Waals surface area contributed by atoms with E-state index < -0.39 is 5.97 Å². The molecule has 0 bridgehead atoms. The highest BCUT2D eigenvalue weighted by Crippen LogP contribution is 2.15. The largest absolute Gasteiger partial charge is 0.370 e.